The van der Waals surface area contributed by atoms with Crippen molar-refractivity contribution in [3.63, 3.8) is 0 Å². The second kappa shape index (κ2) is 8.44. The van der Waals surface area contributed by atoms with Crippen LogP contribution in [0.15, 0.2) is 54.6 Å². The Morgan fingerprint density at radius 3 is 2.69 bits per heavy atom. The summed E-state index contributed by atoms with van der Waals surface area (Å²) in [4.78, 5) is 27.1. The Bertz CT molecular complexity index is 824. The summed E-state index contributed by atoms with van der Waals surface area (Å²) in [5.41, 5.74) is 2.16. The van der Waals surface area contributed by atoms with Crippen LogP contribution in [0.1, 0.15) is 40.7 Å². The van der Waals surface area contributed by atoms with Crippen molar-refractivity contribution in [3.05, 3.63) is 71.3 Å². The first-order valence-electron chi connectivity index (χ1n) is 9.03. The Hall–Kier alpha value is -2.93. The van der Waals surface area contributed by atoms with Crippen molar-refractivity contribution in [3.8, 4) is 6.07 Å². The lowest BCUT2D eigenvalue weighted by Gasteiger charge is -2.32. The van der Waals surface area contributed by atoms with Gasteiger partial charge in [0.1, 0.15) is 5.78 Å². The Morgan fingerprint density at radius 1 is 1.12 bits per heavy atom. The van der Waals surface area contributed by atoms with Gasteiger partial charge in [0.15, 0.2) is 0 Å². The van der Waals surface area contributed by atoms with E-state index in [2.05, 4.69) is 6.07 Å². The van der Waals surface area contributed by atoms with Crippen LogP contribution in [0.2, 0.25) is 0 Å². The number of nitrogens with zero attached hydrogens (tertiary/aromatic N) is 2. The molecule has 4 heteroatoms. The molecule has 0 bridgehead atoms. The molecule has 1 amide bonds. The largest absolute Gasteiger partial charge is 0.338 e. The number of hydrogen-bond donors (Lipinski definition) is 0. The first-order chi connectivity index (χ1) is 12.7. The molecular formula is C22H22N2O2. The van der Waals surface area contributed by atoms with E-state index in [9.17, 15) is 9.59 Å². The highest BCUT2D eigenvalue weighted by Gasteiger charge is 2.28. The zero-order chi connectivity index (χ0) is 18.4. The summed E-state index contributed by atoms with van der Waals surface area (Å²) in [7, 11) is 0. The van der Waals surface area contributed by atoms with Gasteiger partial charge in [0.25, 0.3) is 5.91 Å². The van der Waals surface area contributed by atoms with Crippen LogP contribution >= 0.6 is 0 Å². The molecule has 2 aromatic carbocycles. The van der Waals surface area contributed by atoms with Crippen LogP contribution in [0.5, 0.6) is 0 Å². The maximum absolute atomic E-state index is 12.7. The lowest BCUT2D eigenvalue weighted by Crippen LogP contribution is -2.42. The van der Waals surface area contributed by atoms with Gasteiger partial charge in [-0.25, -0.2) is 0 Å². The van der Waals surface area contributed by atoms with Gasteiger partial charge in [0.05, 0.1) is 11.6 Å². The van der Waals surface area contributed by atoms with Crippen LogP contribution < -0.4 is 0 Å². The fourth-order valence-corrected chi connectivity index (χ4v) is 3.45. The van der Waals surface area contributed by atoms with Crippen LogP contribution in [0, 0.1) is 17.2 Å². The van der Waals surface area contributed by atoms with E-state index >= 15 is 0 Å². The van der Waals surface area contributed by atoms with Gasteiger partial charge in [0, 0.05) is 31.0 Å². The summed E-state index contributed by atoms with van der Waals surface area (Å²) in [6, 6.07) is 18.8. The number of piperidine rings is 1. The highest BCUT2D eigenvalue weighted by atomic mass is 16.2. The van der Waals surface area contributed by atoms with E-state index in [1.807, 2.05) is 30.3 Å². The number of likely N-dealkylation sites (tertiary alicyclic amines) is 1. The second-order valence-corrected chi connectivity index (χ2v) is 6.73. The molecule has 1 fully saturated rings. The average Bonchev–Trinajstić information content (AvgIpc) is 2.72. The predicted molar refractivity (Wildman–Crippen MR) is 99.6 cm³/mol. The summed E-state index contributed by atoms with van der Waals surface area (Å²) in [5, 5.41) is 9.00. The minimum absolute atomic E-state index is 0.0874. The molecule has 0 spiro atoms. The van der Waals surface area contributed by atoms with E-state index in [0.29, 0.717) is 30.6 Å². The van der Waals surface area contributed by atoms with Gasteiger partial charge in [-0.15, -0.1) is 0 Å². The summed E-state index contributed by atoms with van der Waals surface area (Å²) in [6.45, 7) is 1.14. The minimum atomic E-state index is -0.0948. The topological polar surface area (TPSA) is 61.2 Å². The minimum Gasteiger partial charge on any atom is -0.338 e. The quantitative estimate of drug-likeness (QED) is 0.831. The lowest BCUT2D eigenvalue weighted by atomic mass is 9.90. The molecule has 2 aromatic rings. The number of benzene rings is 2. The van der Waals surface area contributed by atoms with Crippen LogP contribution in [0.25, 0.3) is 0 Å². The van der Waals surface area contributed by atoms with Gasteiger partial charge in [-0.2, -0.15) is 5.26 Å². The fraction of sp³-hybridized carbons (Fsp3) is 0.318. The molecule has 0 aliphatic carbocycles. The van der Waals surface area contributed by atoms with Crippen molar-refractivity contribution >= 4 is 11.7 Å². The second-order valence-electron chi connectivity index (χ2n) is 6.73. The fourth-order valence-electron chi connectivity index (χ4n) is 3.45. The van der Waals surface area contributed by atoms with Gasteiger partial charge in [0.2, 0.25) is 0 Å². The molecule has 4 nitrogen and oxygen atoms in total. The molecule has 0 N–H and O–H groups in total. The first-order valence-corrected chi connectivity index (χ1v) is 9.03. The molecule has 0 aromatic heterocycles. The maximum Gasteiger partial charge on any atom is 0.253 e. The van der Waals surface area contributed by atoms with Crippen molar-refractivity contribution in [2.75, 3.05) is 13.1 Å². The summed E-state index contributed by atoms with van der Waals surface area (Å²) < 4.78 is 0. The summed E-state index contributed by atoms with van der Waals surface area (Å²) in [5.74, 6) is 0.0512. The SMILES string of the molecule is N#Cc1cccc(C(=O)N2CCC[C@@H](C(=O)CCc3ccccc3)C2)c1. The smallest absolute Gasteiger partial charge is 0.253 e. The van der Waals surface area contributed by atoms with Crippen LogP contribution in [0.4, 0.5) is 0 Å². The molecule has 26 heavy (non-hydrogen) atoms. The molecule has 0 saturated carbocycles. The van der Waals surface area contributed by atoms with E-state index < -0.39 is 0 Å². The molecule has 1 atom stereocenters. The first kappa shape index (κ1) is 17.9. The zero-order valence-electron chi connectivity index (χ0n) is 14.7. The third-order valence-electron chi connectivity index (χ3n) is 4.91. The molecule has 132 valence electrons. The number of ketones is 1. The molecule has 1 aliphatic rings. The normalized spacial score (nSPS) is 16.7. The summed E-state index contributed by atoms with van der Waals surface area (Å²) in [6.07, 6.45) is 2.94. The standard InChI is InChI=1S/C22H22N2O2/c23-15-18-8-4-9-19(14-18)22(26)24-13-5-10-20(16-24)21(25)12-11-17-6-2-1-3-7-17/h1-4,6-9,14,20H,5,10-13,16H2/t20-/m1/s1. The Balaban J connectivity index is 1.60. The highest BCUT2D eigenvalue weighted by molar-refractivity contribution is 5.95. The number of carbonyl (C=O) groups excluding carboxylic acids is 2. The number of hydrogen-bond acceptors (Lipinski definition) is 3. The Morgan fingerprint density at radius 2 is 1.92 bits per heavy atom. The molecule has 1 heterocycles. The van der Waals surface area contributed by atoms with Gasteiger partial charge in [-0.3, -0.25) is 9.59 Å². The lowest BCUT2D eigenvalue weighted by molar-refractivity contribution is -0.124. The Labute approximate surface area is 154 Å². The third-order valence-corrected chi connectivity index (χ3v) is 4.91. The van der Waals surface area contributed by atoms with Gasteiger partial charge in [-0.1, -0.05) is 36.4 Å². The molecule has 3 rings (SSSR count). The van der Waals surface area contributed by atoms with Crippen molar-refractivity contribution in [2.24, 2.45) is 5.92 Å². The number of Topliss-reactive ketones (excluding diaryl/α,β-unsaturated/α-hetero) is 1. The van der Waals surface area contributed by atoms with E-state index in [0.717, 1.165) is 24.8 Å². The van der Waals surface area contributed by atoms with Crippen LogP contribution in [-0.4, -0.2) is 29.7 Å². The number of nitriles is 1. The average molecular weight is 346 g/mol. The molecule has 0 radical (unpaired) electrons. The monoisotopic (exact) mass is 346 g/mol. The number of rotatable bonds is 5. The van der Waals surface area contributed by atoms with Crippen LogP contribution in [-0.2, 0) is 11.2 Å². The van der Waals surface area contributed by atoms with Crippen molar-refractivity contribution in [1.29, 1.82) is 5.26 Å². The zero-order valence-corrected chi connectivity index (χ0v) is 14.7. The van der Waals surface area contributed by atoms with Gasteiger partial charge < -0.3 is 4.90 Å². The highest BCUT2D eigenvalue weighted by Crippen LogP contribution is 2.21. The molecular weight excluding hydrogens is 324 g/mol. The maximum atomic E-state index is 12.7. The van der Waals surface area contributed by atoms with E-state index in [1.165, 1.54) is 0 Å². The predicted octanol–water partition coefficient (Wildman–Crippen LogP) is 3.61. The molecule has 1 aliphatic heterocycles. The molecule has 1 saturated heterocycles. The van der Waals surface area contributed by atoms with Crippen LogP contribution in [0.3, 0.4) is 0 Å². The third kappa shape index (κ3) is 4.37. The van der Waals surface area contributed by atoms with Gasteiger partial charge in [-0.05, 0) is 43.0 Å². The number of carbonyl (C=O) groups is 2. The molecule has 0 unspecified atom stereocenters. The van der Waals surface area contributed by atoms with Crippen molar-refractivity contribution < 1.29 is 9.59 Å². The number of amides is 1. The van der Waals surface area contributed by atoms with Crippen molar-refractivity contribution in [1.82, 2.24) is 4.90 Å². The Kier molecular flexibility index (Phi) is 5.80. The number of aryl methyl sites for hydroxylation is 1. The van der Waals surface area contributed by atoms with E-state index in [-0.39, 0.29) is 17.6 Å². The van der Waals surface area contributed by atoms with E-state index in [1.54, 1.807) is 29.2 Å². The van der Waals surface area contributed by atoms with Gasteiger partial charge >= 0.3 is 0 Å². The summed E-state index contributed by atoms with van der Waals surface area (Å²) >= 11 is 0. The van der Waals surface area contributed by atoms with Crippen molar-refractivity contribution in [2.45, 2.75) is 25.7 Å². The van der Waals surface area contributed by atoms with E-state index in [4.69, 9.17) is 5.26 Å².